The van der Waals surface area contributed by atoms with Gasteiger partial charge in [0.05, 0.1) is 14.2 Å². The molecule has 10 heteroatoms. The number of phenolic OH excluding ortho intramolecular Hbond substituents is 2. The Kier molecular flexibility index (Phi) is 8.89. The molecule has 0 fully saturated rings. The first-order valence-electron chi connectivity index (χ1n) is 8.61. The Hall–Kier alpha value is -4.21. The smallest absolute Gasteiger partial charge is 0.300 e. The summed E-state index contributed by atoms with van der Waals surface area (Å²) in [7, 11) is 2.89. The Labute approximate surface area is 176 Å². The Morgan fingerprint density at radius 2 is 1.45 bits per heavy atom. The van der Waals surface area contributed by atoms with Gasteiger partial charge in [-0.15, -0.1) is 0 Å². The molecule has 166 valence electrons. The first kappa shape index (κ1) is 24.8. The third kappa shape index (κ3) is 7.28. The van der Waals surface area contributed by atoms with Gasteiger partial charge >= 0.3 is 0 Å². The van der Waals surface area contributed by atoms with Gasteiger partial charge in [-0.05, 0) is 18.2 Å². The summed E-state index contributed by atoms with van der Waals surface area (Å²) < 4.78 is 15.7. The van der Waals surface area contributed by atoms with Crippen LogP contribution in [-0.2, 0) is 9.59 Å². The molecule has 0 aliphatic carbocycles. The van der Waals surface area contributed by atoms with Crippen LogP contribution in [0.15, 0.2) is 45.6 Å². The fourth-order valence-corrected chi connectivity index (χ4v) is 2.35. The quantitative estimate of drug-likeness (QED) is 0.481. The van der Waals surface area contributed by atoms with E-state index in [1.54, 1.807) is 12.1 Å². The summed E-state index contributed by atoms with van der Waals surface area (Å²) in [5.74, 6) is -1.00. The third-order valence-corrected chi connectivity index (χ3v) is 3.48. The van der Waals surface area contributed by atoms with Crippen LogP contribution in [0.1, 0.15) is 13.8 Å². The number of carbonyl (C=O) groups is 2. The zero-order valence-corrected chi connectivity index (χ0v) is 17.2. The predicted octanol–water partition coefficient (Wildman–Crippen LogP) is 3.07. The molecule has 3 aromatic rings. The van der Waals surface area contributed by atoms with E-state index < -0.39 is 17.4 Å². The Morgan fingerprint density at radius 3 is 1.94 bits per heavy atom. The van der Waals surface area contributed by atoms with Crippen molar-refractivity contribution in [3.63, 3.8) is 0 Å². The van der Waals surface area contributed by atoms with Crippen molar-refractivity contribution in [1.82, 2.24) is 0 Å². The molecule has 10 nitrogen and oxygen atoms in total. The van der Waals surface area contributed by atoms with Crippen molar-refractivity contribution in [1.29, 1.82) is 0 Å². The lowest BCUT2D eigenvalue weighted by Crippen LogP contribution is -2.01. The molecule has 0 bridgehead atoms. The van der Waals surface area contributed by atoms with Gasteiger partial charge in [-0.3, -0.25) is 14.4 Å². The molecule has 4 N–H and O–H groups in total. The van der Waals surface area contributed by atoms with Crippen LogP contribution in [0, 0.1) is 0 Å². The van der Waals surface area contributed by atoms with Gasteiger partial charge in [0.1, 0.15) is 28.2 Å². The van der Waals surface area contributed by atoms with Gasteiger partial charge in [0.2, 0.25) is 0 Å². The number of benzene rings is 2. The summed E-state index contributed by atoms with van der Waals surface area (Å²) in [4.78, 5) is 30.3. The molecule has 1 heterocycles. The van der Waals surface area contributed by atoms with Crippen molar-refractivity contribution in [2.24, 2.45) is 0 Å². The lowest BCUT2D eigenvalue weighted by molar-refractivity contribution is -0.135. The van der Waals surface area contributed by atoms with Crippen LogP contribution in [0.5, 0.6) is 23.0 Å². The molecular weight excluding hydrogens is 412 g/mol. The largest absolute Gasteiger partial charge is 0.507 e. The van der Waals surface area contributed by atoms with Crippen LogP contribution in [-0.4, -0.2) is 46.6 Å². The average Bonchev–Trinajstić information content (AvgIpc) is 2.66. The monoisotopic (exact) mass is 434 g/mol. The van der Waals surface area contributed by atoms with Crippen molar-refractivity contribution >= 4 is 22.9 Å². The second-order valence-electron chi connectivity index (χ2n) is 5.92. The van der Waals surface area contributed by atoms with E-state index in [-0.39, 0.29) is 28.2 Å². The SMILES string of the molecule is CC(=O)O.CC(=O)O.COc1cc(O)c2c(=O)cc(-c3ccc(OC)c(O)c3)oc2c1. The van der Waals surface area contributed by atoms with E-state index in [0.717, 1.165) is 13.8 Å². The normalized spacial score (nSPS) is 9.55. The molecule has 0 unspecified atom stereocenters. The predicted molar refractivity (Wildman–Crippen MR) is 111 cm³/mol. The third-order valence-electron chi connectivity index (χ3n) is 3.48. The molecule has 31 heavy (non-hydrogen) atoms. The maximum atomic E-state index is 12.3. The average molecular weight is 434 g/mol. The van der Waals surface area contributed by atoms with E-state index >= 15 is 0 Å². The Bertz CT molecular complexity index is 1110. The number of carboxylic acid groups (broad SMARTS) is 2. The van der Waals surface area contributed by atoms with Crippen molar-refractivity contribution in [2.75, 3.05) is 14.2 Å². The van der Waals surface area contributed by atoms with E-state index in [0.29, 0.717) is 17.1 Å². The number of methoxy groups -OCH3 is 2. The molecule has 0 amide bonds. The number of phenols is 2. The number of hydrogen-bond acceptors (Lipinski definition) is 8. The zero-order chi connectivity index (χ0) is 23.7. The molecule has 0 atom stereocenters. The van der Waals surface area contributed by atoms with E-state index in [1.807, 2.05) is 0 Å². The molecule has 2 aromatic carbocycles. The standard InChI is InChI=1S/C17H14O6.2C2H4O2/c1-21-10-6-12(19)17-13(20)8-15(23-16(17)7-10)9-3-4-14(22-2)11(18)5-9;2*1-2(3)4/h3-8,18-19H,1-2H3;2*1H3,(H,3,4). The molecular formula is C21H22O10. The van der Waals surface area contributed by atoms with E-state index in [4.69, 9.17) is 33.7 Å². The molecule has 0 aliphatic heterocycles. The van der Waals surface area contributed by atoms with Gasteiger partial charge in [-0.1, -0.05) is 0 Å². The topological polar surface area (TPSA) is 164 Å². The van der Waals surface area contributed by atoms with Gasteiger partial charge in [0.15, 0.2) is 16.9 Å². The Morgan fingerprint density at radius 1 is 0.871 bits per heavy atom. The van der Waals surface area contributed by atoms with Gasteiger partial charge in [-0.2, -0.15) is 0 Å². The lowest BCUT2D eigenvalue weighted by Gasteiger charge is -2.08. The fourth-order valence-electron chi connectivity index (χ4n) is 2.35. The first-order valence-corrected chi connectivity index (χ1v) is 8.61. The molecule has 3 rings (SSSR count). The summed E-state index contributed by atoms with van der Waals surface area (Å²) >= 11 is 0. The van der Waals surface area contributed by atoms with Crippen molar-refractivity contribution in [3.05, 3.63) is 46.6 Å². The first-order chi connectivity index (χ1) is 14.5. The lowest BCUT2D eigenvalue weighted by atomic mass is 10.1. The zero-order valence-electron chi connectivity index (χ0n) is 17.2. The number of fused-ring (bicyclic) bond motifs is 1. The van der Waals surface area contributed by atoms with Gasteiger partial charge < -0.3 is 34.3 Å². The summed E-state index contributed by atoms with van der Waals surface area (Å²) in [6.45, 7) is 2.17. The van der Waals surface area contributed by atoms with E-state index in [9.17, 15) is 15.0 Å². The highest BCUT2D eigenvalue weighted by Crippen LogP contribution is 2.34. The highest BCUT2D eigenvalue weighted by atomic mass is 16.5. The van der Waals surface area contributed by atoms with Gasteiger partial charge in [-0.25, -0.2) is 0 Å². The van der Waals surface area contributed by atoms with Crippen molar-refractivity contribution in [2.45, 2.75) is 13.8 Å². The number of rotatable bonds is 3. The number of aromatic hydroxyl groups is 2. The summed E-state index contributed by atoms with van der Waals surface area (Å²) in [5, 5.41) is 34.7. The van der Waals surface area contributed by atoms with Crippen LogP contribution in [0.25, 0.3) is 22.3 Å². The fraction of sp³-hybridized carbons (Fsp3) is 0.190. The maximum absolute atomic E-state index is 12.3. The van der Waals surface area contributed by atoms with Crippen LogP contribution in [0.2, 0.25) is 0 Å². The van der Waals surface area contributed by atoms with Gasteiger partial charge in [0.25, 0.3) is 11.9 Å². The molecule has 1 aromatic heterocycles. The number of ether oxygens (including phenoxy) is 2. The highest BCUT2D eigenvalue weighted by molar-refractivity contribution is 5.86. The van der Waals surface area contributed by atoms with Crippen molar-refractivity contribution in [3.8, 4) is 34.3 Å². The minimum atomic E-state index is -0.833. The van der Waals surface area contributed by atoms with Crippen LogP contribution in [0.4, 0.5) is 0 Å². The van der Waals surface area contributed by atoms with Crippen molar-refractivity contribution < 1.29 is 43.9 Å². The van der Waals surface area contributed by atoms with Crippen LogP contribution in [0.3, 0.4) is 0 Å². The molecule has 0 aliphatic rings. The molecule has 0 saturated heterocycles. The number of aliphatic carboxylic acids is 2. The number of carboxylic acids is 2. The number of hydrogen-bond donors (Lipinski definition) is 4. The second-order valence-corrected chi connectivity index (χ2v) is 5.92. The van der Waals surface area contributed by atoms with Gasteiger partial charge in [0, 0.05) is 37.6 Å². The van der Waals surface area contributed by atoms with Crippen LogP contribution >= 0.6 is 0 Å². The highest BCUT2D eigenvalue weighted by Gasteiger charge is 2.13. The maximum Gasteiger partial charge on any atom is 0.300 e. The van der Waals surface area contributed by atoms with Crippen LogP contribution < -0.4 is 14.9 Å². The molecule has 0 radical (unpaired) electrons. The Balaban J connectivity index is 0.000000519. The molecule has 0 spiro atoms. The summed E-state index contributed by atoms with van der Waals surface area (Å²) in [6.07, 6.45) is 0. The minimum Gasteiger partial charge on any atom is -0.507 e. The van der Waals surface area contributed by atoms with E-state index in [2.05, 4.69) is 0 Å². The molecule has 0 saturated carbocycles. The van der Waals surface area contributed by atoms with E-state index in [1.165, 1.54) is 38.5 Å². The minimum absolute atomic E-state index is 0.0683. The summed E-state index contributed by atoms with van der Waals surface area (Å²) in [6, 6.07) is 8.78. The summed E-state index contributed by atoms with van der Waals surface area (Å²) in [5.41, 5.74) is 0.306. The second kappa shape index (κ2) is 11.1.